The number of nitrogen functional groups attached to an aromatic ring is 1. The van der Waals surface area contributed by atoms with Crippen molar-refractivity contribution in [2.75, 3.05) is 30.7 Å². The maximum atomic E-state index is 13.2. The number of anilines is 2. The Hall–Kier alpha value is -4.89. The third kappa shape index (κ3) is 8.72. The molecule has 2 atom stereocenters. The van der Waals surface area contributed by atoms with Crippen molar-refractivity contribution in [3.63, 3.8) is 0 Å². The van der Waals surface area contributed by atoms with E-state index in [1.54, 1.807) is 12.1 Å². The van der Waals surface area contributed by atoms with Crippen LogP contribution in [0.5, 0.6) is 5.75 Å². The Kier molecular flexibility index (Phi) is 11.2. The predicted molar refractivity (Wildman–Crippen MR) is 172 cm³/mol. The molecule has 20 heteroatoms. The van der Waals surface area contributed by atoms with Crippen LogP contribution in [0.4, 0.5) is 10.9 Å². The number of pyridine rings is 1. The second-order valence-corrected chi connectivity index (χ2v) is 12.8. The van der Waals surface area contributed by atoms with Crippen LogP contribution < -0.4 is 31.4 Å². The number of aliphatic carboxylic acids is 1. The van der Waals surface area contributed by atoms with Crippen LogP contribution in [-0.2, 0) is 41.0 Å². The van der Waals surface area contributed by atoms with Crippen molar-refractivity contribution in [2.45, 2.75) is 38.0 Å². The molecule has 4 rings (SSSR count). The Morgan fingerprint density at radius 2 is 1.94 bits per heavy atom. The SMILES string of the molecule is C[n+]1ccc(-c2ccc(OC[C@H](O/N=C(\C(=O)NC3C(=O)N(OS(=O)(=O)O)C3(C)C)c3csc(N)n3)C(=O)O)cc2)cc1NCCCN. The topological polar surface area (TPSA) is 262 Å². The number of β-lactam (4-membered cyclic amide) rings is 1. The maximum Gasteiger partial charge on any atom is 0.418 e. The first kappa shape index (κ1) is 36.0. The number of thiazole rings is 1. The van der Waals surface area contributed by atoms with E-state index in [0.717, 1.165) is 41.2 Å². The molecule has 1 aliphatic heterocycles. The highest BCUT2D eigenvalue weighted by atomic mass is 32.3. The van der Waals surface area contributed by atoms with Gasteiger partial charge in [-0.3, -0.25) is 19.5 Å². The van der Waals surface area contributed by atoms with E-state index in [1.165, 1.54) is 19.2 Å². The highest BCUT2D eigenvalue weighted by molar-refractivity contribution is 7.80. The number of hydroxylamine groups is 2. The quantitative estimate of drug-likeness (QED) is 0.0288. The molecular formula is C28H35N8O10S2+. The smallest absolute Gasteiger partial charge is 0.418 e. The van der Waals surface area contributed by atoms with E-state index in [0.29, 0.717) is 17.4 Å². The number of nitrogens with two attached hydrogens (primary N) is 2. The van der Waals surface area contributed by atoms with Gasteiger partial charge in [0.15, 0.2) is 10.8 Å². The number of nitrogens with zero attached hydrogens (tertiary/aromatic N) is 4. The van der Waals surface area contributed by atoms with E-state index >= 15 is 0 Å². The predicted octanol–water partition coefficient (Wildman–Crippen LogP) is 0.0704. The largest absolute Gasteiger partial charge is 0.489 e. The molecule has 1 fully saturated rings. The number of rotatable bonds is 16. The fourth-order valence-corrected chi connectivity index (χ4v) is 5.44. The van der Waals surface area contributed by atoms with Gasteiger partial charge in [-0.05, 0) is 56.1 Å². The molecule has 3 heterocycles. The first-order valence-electron chi connectivity index (χ1n) is 14.3. The Labute approximate surface area is 279 Å². The van der Waals surface area contributed by atoms with Crippen molar-refractivity contribution < 1.29 is 50.9 Å². The first-order chi connectivity index (χ1) is 22.6. The summed E-state index contributed by atoms with van der Waals surface area (Å²) in [6.45, 7) is 3.53. The number of carbonyl (C=O) groups is 3. The fraction of sp³-hybridized carbons (Fsp3) is 0.357. The van der Waals surface area contributed by atoms with Gasteiger partial charge in [-0.25, -0.2) is 14.3 Å². The first-order valence-corrected chi connectivity index (χ1v) is 16.5. The Morgan fingerprint density at radius 3 is 2.52 bits per heavy atom. The molecule has 0 bridgehead atoms. The second kappa shape index (κ2) is 14.9. The zero-order valence-corrected chi connectivity index (χ0v) is 27.7. The van der Waals surface area contributed by atoms with Gasteiger partial charge in [-0.2, -0.15) is 13.5 Å². The van der Waals surface area contributed by atoms with E-state index in [2.05, 4.69) is 25.1 Å². The van der Waals surface area contributed by atoms with E-state index in [1.807, 2.05) is 42.1 Å². The van der Waals surface area contributed by atoms with Crippen molar-refractivity contribution in [3.05, 3.63) is 53.7 Å². The third-order valence-electron chi connectivity index (χ3n) is 7.07. The number of hydrogen-bond acceptors (Lipinski definition) is 14. The monoisotopic (exact) mass is 707 g/mol. The zero-order chi connectivity index (χ0) is 35.2. The zero-order valence-electron chi connectivity index (χ0n) is 26.0. The number of ether oxygens (including phenoxy) is 1. The van der Waals surface area contributed by atoms with Gasteiger partial charge in [0.2, 0.25) is 0 Å². The number of aromatic nitrogens is 2. The lowest BCUT2D eigenvalue weighted by Crippen LogP contribution is -2.76. The molecule has 2 aromatic heterocycles. The normalized spacial score (nSPS) is 16.5. The lowest BCUT2D eigenvalue weighted by Gasteiger charge is -2.50. The summed E-state index contributed by atoms with van der Waals surface area (Å²) < 4.78 is 43.0. The lowest BCUT2D eigenvalue weighted by atomic mass is 9.84. The van der Waals surface area contributed by atoms with E-state index in [4.69, 9.17) is 25.6 Å². The number of carboxylic acid groups (broad SMARTS) is 1. The number of nitrogens with one attached hydrogen (secondary N) is 2. The molecule has 8 N–H and O–H groups in total. The van der Waals surface area contributed by atoms with Gasteiger partial charge in [0, 0.05) is 11.4 Å². The van der Waals surface area contributed by atoms with Gasteiger partial charge in [0.1, 0.15) is 24.1 Å². The Balaban J connectivity index is 1.44. The van der Waals surface area contributed by atoms with E-state index in [-0.39, 0.29) is 10.8 Å². The van der Waals surface area contributed by atoms with Crippen LogP contribution in [0.3, 0.4) is 0 Å². The van der Waals surface area contributed by atoms with Crippen LogP contribution >= 0.6 is 11.3 Å². The molecule has 1 saturated heterocycles. The summed E-state index contributed by atoms with van der Waals surface area (Å²) in [6.07, 6.45) is 1.07. The Morgan fingerprint density at radius 1 is 1.23 bits per heavy atom. The second-order valence-electron chi connectivity index (χ2n) is 11.0. The maximum absolute atomic E-state index is 13.2. The summed E-state index contributed by atoms with van der Waals surface area (Å²) in [5, 5.41) is 21.0. The van der Waals surface area contributed by atoms with Crippen molar-refractivity contribution in [2.24, 2.45) is 17.9 Å². The number of carbonyl (C=O) groups excluding carboxylic acids is 2. The molecule has 0 saturated carbocycles. The highest BCUT2D eigenvalue weighted by Crippen LogP contribution is 2.33. The average Bonchev–Trinajstić information content (AvgIpc) is 3.46. The molecule has 0 spiro atoms. The van der Waals surface area contributed by atoms with Crippen LogP contribution in [0.1, 0.15) is 26.0 Å². The van der Waals surface area contributed by atoms with Crippen LogP contribution in [0.25, 0.3) is 11.1 Å². The summed E-state index contributed by atoms with van der Waals surface area (Å²) in [7, 11) is -3.09. The summed E-state index contributed by atoms with van der Waals surface area (Å²) in [4.78, 5) is 46.9. The molecule has 1 aliphatic rings. The molecule has 1 unspecified atom stereocenters. The van der Waals surface area contributed by atoms with Gasteiger partial charge in [0.25, 0.3) is 23.7 Å². The standard InChI is InChI=1S/C28H34N8O10S2/c1-28(2)23(25(38)36(28)46-48(41,42)43)33-24(37)22(19-15-47-27(30)32-19)34-45-20(26(39)40)14-44-18-7-5-16(6-8-18)17-9-12-35(3)21(13-17)31-11-4-10-29/h5-9,12-13,15,20,23H,4,10-11,14,29H2,1-3H3,(H5,30,32,33,37,39,40,41,42,43)/p+1/b34-22-/t20-,23?/m0/s1. The third-order valence-corrected chi connectivity index (χ3v) is 8.08. The van der Waals surface area contributed by atoms with Crippen LogP contribution in [0.15, 0.2) is 53.1 Å². The fourth-order valence-electron chi connectivity index (χ4n) is 4.44. The molecule has 258 valence electrons. The number of oxime groups is 1. The van der Waals surface area contributed by atoms with Crippen molar-refractivity contribution in [1.29, 1.82) is 0 Å². The van der Waals surface area contributed by atoms with Crippen LogP contribution in [0.2, 0.25) is 0 Å². The van der Waals surface area contributed by atoms with Crippen LogP contribution in [0, 0.1) is 0 Å². The lowest BCUT2D eigenvalue weighted by molar-refractivity contribution is -0.657. The van der Waals surface area contributed by atoms with Crippen molar-refractivity contribution >= 4 is 56.2 Å². The van der Waals surface area contributed by atoms with Gasteiger partial charge >= 0.3 is 16.4 Å². The summed E-state index contributed by atoms with van der Waals surface area (Å²) in [6, 6.07) is 9.56. The highest BCUT2D eigenvalue weighted by Gasteiger charge is 2.58. The van der Waals surface area contributed by atoms with Gasteiger partial charge in [0.05, 0.1) is 25.3 Å². The van der Waals surface area contributed by atoms with Crippen molar-refractivity contribution in [1.82, 2.24) is 15.4 Å². The van der Waals surface area contributed by atoms with Gasteiger partial charge in [-0.1, -0.05) is 17.3 Å². The molecule has 18 nitrogen and oxygen atoms in total. The number of benzene rings is 1. The molecular weight excluding hydrogens is 672 g/mol. The van der Waals surface area contributed by atoms with Gasteiger partial charge in [-0.15, -0.1) is 15.6 Å². The number of aryl methyl sites for hydroxylation is 1. The number of hydrogen-bond donors (Lipinski definition) is 6. The molecule has 3 aromatic rings. The summed E-state index contributed by atoms with van der Waals surface area (Å²) in [5.74, 6) is -2.22. The van der Waals surface area contributed by atoms with E-state index < -0.39 is 58.2 Å². The molecule has 1 aromatic carbocycles. The molecule has 0 radical (unpaired) electrons. The van der Waals surface area contributed by atoms with Crippen molar-refractivity contribution in [3.8, 4) is 16.9 Å². The van der Waals surface area contributed by atoms with E-state index in [9.17, 15) is 27.9 Å². The molecule has 48 heavy (non-hydrogen) atoms. The molecule has 0 aliphatic carbocycles. The minimum atomic E-state index is -5.02. The summed E-state index contributed by atoms with van der Waals surface area (Å²) >= 11 is 0.959. The minimum absolute atomic E-state index is 0.0586. The average molecular weight is 708 g/mol. The Bertz CT molecular complexity index is 1800. The minimum Gasteiger partial charge on any atom is -0.489 e. The summed E-state index contributed by atoms with van der Waals surface area (Å²) in [5.41, 5.74) is 11.1. The molecule has 2 amide bonds. The number of amides is 2. The van der Waals surface area contributed by atoms with Crippen LogP contribution in [-0.4, -0.2) is 89.0 Å². The van der Waals surface area contributed by atoms with Gasteiger partial charge < -0.3 is 31.5 Å². The number of carboxylic acids is 1.